The van der Waals surface area contributed by atoms with Crippen molar-refractivity contribution in [3.63, 3.8) is 0 Å². The van der Waals surface area contributed by atoms with Crippen LogP contribution >= 0.6 is 0 Å². The van der Waals surface area contributed by atoms with E-state index in [0.717, 1.165) is 89.9 Å². The molecule has 5 nitrogen and oxygen atoms in total. The van der Waals surface area contributed by atoms with Crippen molar-refractivity contribution >= 4 is 11.9 Å². The second-order valence-electron chi connectivity index (χ2n) is 13.0. The van der Waals surface area contributed by atoms with E-state index in [-0.39, 0.29) is 25.2 Å². The van der Waals surface area contributed by atoms with Crippen LogP contribution in [0.1, 0.15) is 168 Å². The molecule has 0 aliphatic rings. The van der Waals surface area contributed by atoms with Gasteiger partial charge in [0, 0.05) is 12.8 Å². The molecule has 0 aromatic rings. The van der Waals surface area contributed by atoms with Crippen molar-refractivity contribution in [1.82, 2.24) is 0 Å². The van der Waals surface area contributed by atoms with Crippen molar-refractivity contribution in [1.29, 1.82) is 0 Å². The maximum atomic E-state index is 12.2. The molecule has 0 fully saturated rings. The van der Waals surface area contributed by atoms with E-state index >= 15 is 0 Å². The van der Waals surface area contributed by atoms with Gasteiger partial charge in [-0.15, -0.1) is 0 Å². The van der Waals surface area contributed by atoms with Crippen LogP contribution in [0, 0.1) is 0 Å². The molecule has 0 spiro atoms. The average Bonchev–Trinajstić information content (AvgIpc) is 3.12. The zero-order chi connectivity index (χ0) is 36.4. The smallest absolute Gasteiger partial charge is 0.306 e. The van der Waals surface area contributed by atoms with Crippen molar-refractivity contribution in [2.24, 2.45) is 0 Å². The van der Waals surface area contributed by atoms with Gasteiger partial charge in [-0.2, -0.15) is 0 Å². The number of esters is 2. The number of ether oxygens (including phenoxy) is 2. The van der Waals surface area contributed by atoms with Crippen molar-refractivity contribution in [3.8, 4) is 0 Å². The predicted octanol–water partition coefficient (Wildman–Crippen LogP) is 12.7. The van der Waals surface area contributed by atoms with Crippen molar-refractivity contribution in [2.75, 3.05) is 13.2 Å². The van der Waals surface area contributed by atoms with Gasteiger partial charge < -0.3 is 14.6 Å². The highest BCUT2D eigenvalue weighted by molar-refractivity contribution is 5.70. The van der Waals surface area contributed by atoms with Crippen LogP contribution in [0.2, 0.25) is 0 Å². The van der Waals surface area contributed by atoms with Gasteiger partial charge in [0.1, 0.15) is 6.61 Å². The van der Waals surface area contributed by atoms with E-state index in [1.807, 2.05) is 0 Å². The van der Waals surface area contributed by atoms with Gasteiger partial charge in [-0.05, 0) is 89.9 Å². The summed E-state index contributed by atoms with van der Waals surface area (Å²) < 4.78 is 10.6. The lowest BCUT2D eigenvalue weighted by atomic mass is 10.1. The lowest BCUT2D eigenvalue weighted by Crippen LogP contribution is -2.28. The van der Waals surface area contributed by atoms with Crippen molar-refractivity contribution in [2.45, 2.75) is 174 Å². The highest BCUT2D eigenvalue weighted by Gasteiger charge is 2.16. The average molecular weight is 695 g/mol. The molecular formula is C45H74O5. The molecule has 0 aliphatic heterocycles. The first-order valence-corrected chi connectivity index (χ1v) is 20.1. The predicted molar refractivity (Wildman–Crippen MR) is 214 cm³/mol. The van der Waals surface area contributed by atoms with E-state index < -0.39 is 6.10 Å². The first-order valence-electron chi connectivity index (χ1n) is 20.1. The van der Waals surface area contributed by atoms with Crippen LogP contribution in [0.25, 0.3) is 0 Å². The third-order valence-corrected chi connectivity index (χ3v) is 8.17. The van der Waals surface area contributed by atoms with E-state index in [4.69, 9.17) is 9.47 Å². The number of unbranched alkanes of at least 4 members (excludes halogenated alkanes) is 13. The summed E-state index contributed by atoms with van der Waals surface area (Å²) in [6.07, 6.45) is 54.9. The highest BCUT2D eigenvalue weighted by Crippen LogP contribution is 2.12. The molecule has 50 heavy (non-hydrogen) atoms. The summed E-state index contributed by atoms with van der Waals surface area (Å²) in [6, 6.07) is 0. The molecule has 1 atom stereocenters. The number of aliphatic hydroxyl groups excluding tert-OH is 1. The minimum Gasteiger partial charge on any atom is -0.462 e. The van der Waals surface area contributed by atoms with Crippen LogP contribution in [0.15, 0.2) is 85.1 Å². The summed E-state index contributed by atoms with van der Waals surface area (Å²) >= 11 is 0. The molecule has 0 aromatic heterocycles. The molecule has 284 valence electrons. The van der Waals surface area contributed by atoms with E-state index in [2.05, 4.69) is 98.9 Å². The van der Waals surface area contributed by atoms with Gasteiger partial charge in [-0.3, -0.25) is 9.59 Å². The van der Waals surface area contributed by atoms with Crippen LogP contribution in [-0.4, -0.2) is 36.4 Å². The summed E-state index contributed by atoms with van der Waals surface area (Å²) in [5.74, 6) is -0.645. The second kappa shape index (κ2) is 40.5. The number of allylic oxidation sites excluding steroid dienone is 14. The summed E-state index contributed by atoms with van der Waals surface area (Å²) in [7, 11) is 0. The molecule has 0 aliphatic carbocycles. The molecule has 0 aromatic carbocycles. The molecule has 0 heterocycles. The number of hydrogen-bond donors (Lipinski definition) is 1. The molecule has 0 amide bonds. The van der Waals surface area contributed by atoms with E-state index in [1.54, 1.807) is 0 Å². The largest absolute Gasteiger partial charge is 0.462 e. The van der Waals surface area contributed by atoms with Gasteiger partial charge in [0.2, 0.25) is 0 Å². The molecule has 0 saturated heterocycles. The molecule has 0 radical (unpaired) electrons. The Kier molecular flexibility index (Phi) is 38.1. The summed E-state index contributed by atoms with van der Waals surface area (Å²) in [5, 5.41) is 9.56. The Morgan fingerprint density at radius 1 is 0.480 bits per heavy atom. The van der Waals surface area contributed by atoms with Crippen LogP contribution < -0.4 is 0 Å². The highest BCUT2D eigenvalue weighted by atomic mass is 16.6. The monoisotopic (exact) mass is 695 g/mol. The Bertz CT molecular complexity index is 968. The maximum absolute atomic E-state index is 12.2. The number of hydrogen-bond acceptors (Lipinski definition) is 5. The van der Waals surface area contributed by atoms with Crippen molar-refractivity contribution in [3.05, 3.63) is 85.1 Å². The van der Waals surface area contributed by atoms with Gasteiger partial charge in [0.15, 0.2) is 6.10 Å². The Labute approximate surface area is 307 Å². The SMILES string of the molecule is CCC=CCC=CCC=CCC=CCC=CCCCCCC(=O)OC[C@H](CO)OC(=O)CCCCCCCCCC=CCC=CCCCCC. The molecule has 1 N–H and O–H groups in total. The number of rotatable bonds is 35. The fraction of sp³-hybridized carbons (Fsp3) is 0.644. The molecule has 0 bridgehead atoms. The van der Waals surface area contributed by atoms with Crippen LogP contribution in [0.3, 0.4) is 0 Å². The third-order valence-electron chi connectivity index (χ3n) is 8.17. The Balaban J connectivity index is 3.67. The summed E-state index contributed by atoms with van der Waals surface area (Å²) in [5.41, 5.74) is 0. The molecule has 0 rings (SSSR count). The Morgan fingerprint density at radius 2 is 0.860 bits per heavy atom. The second-order valence-corrected chi connectivity index (χ2v) is 13.0. The van der Waals surface area contributed by atoms with Crippen LogP contribution in [0.4, 0.5) is 0 Å². The fourth-order valence-corrected chi connectivity index (χ4v) is 5.14. The first-order chi connectivity index (χ1) is 24.6. The summed E-state index contributed by atoms with van der Waals surface area (Å²) in [6.45, 7) is 3.95. The topological polar surface area (TPSA) is 72.8 Å². The van der Waals surface area contributed by atoms with Gasteiger partial charge in [-0.25, -0.2) is 0 Å². The lowest BCUT2D eigenvalue weighted by molar-refractivity contribution is -0.161. The van der Waals surface area contributed by atoms with Crippen molar-refractivity contribution < 1.29 is 24.2 Å². The maximum Gasteiger partial charge on any atom is 0.306 e. The number of aliphatic hydroxyl groups is 1. The standard InChI is InChI=1S/C45H74O5/c1-3-5-7-9-11-13-15-17-19-21-22-24-25-27-29-31-33-35-37-39-44(47)49-42-43(41-46)50-45(48)40-38-36-34-32-30-28-26-23-20-18-16-14-12-10-8-6-4-2/h5,7,11-14,17-20,22,24,27,29,43,46H,3-4,6,8-10,15-16,21,23,25-26,28,30-42H2,1-2H3/t43-/m0/s1. The van der Waals surface area contributed by atoms with Gasteiger partial charge in [0.25, 0.3) is 0 Å². The van der Waals surface area contributed by atoms with Crippen LogP contribution in [-0.2, 0) is 19.1 Å². The number of carbonyl (C=O) groups is 2. The van der Waals surface area contributed by atoms with E-state index in [1.165, 1.54) is 51.4 Å². The molecule has 0 saturated carbocycles. The quantitative estimate of drug-likeness (QED) is 0.0406. The van der Waals surface area contributed by atoms with Gasteiger partial charge >= 0.3 is 11.9 Å². The van der Waals surface area contributed by atoms with Crippen LogP contribution in [0.5, 0.6) is 0 Å². The minimum atomic E-state index is -0.794. The fourth-order valence-electron chi connectivity index (χ4n) is 5.14. The first kappa shape index (κ1) is 47.1. The van der Waals surface area contributed by atoms with Gasteiger partial charge in [-0.1, -0.05) is 150 Å². The molecule has 0 unspecified atom stereocenters. The molecule has 5 heteroatoms. The summed E-state index contributed by atoms with van der Waals surface area (Å²) in [4.78, 5) is 24.3. The van der Waals surface area contributed by atoms with E-state index in [0.29, 0.717) is 12.8 Å². The normalized spacial score (nSPS) is 13.1. The van der Waals surface area contributed by atoms with E-state index in [9.17, 15) is 14.7 Å². The Hall–Kier alpha value is -2.92. The zero-order valence-electron chi connectivity index (χ0n) is 32.1. The minimum absolute atomic E-state index is 0.0912. The Morgan fingerprint density at radius 3 is 1.32 bits per heavy atom. The molecular weight excluding hydrogens is 620 g/mol. The lowest BCUT2D eigenvalue weighted by Gasteiger charge is -2.15. The third kappa shape index (κ3) is 37.9. The number of carbonyl (C=O) groups excluding carboxylic acids is 2. The van der Waals surface area contributed by atoms with Gasteiger partial charge in [0.05, 0.1) is 6.61 Å². The zero-order valence-corrected chi connectivity index (χ0v) is 32.1.